The molecule has 0 aliphatic carbocycles. The van der Waals surface area contributed by atoms with E-state index in [4.69, 9.17) is 4.74 Å². The zero-order valence-electron chi connectivity index (χ0n) is 16.4. The van der Waals surface area contributed by atoms with Crippen LogP contribution in [-0.4, -0.2) is 22.1 Å². The number of hydrogen-bond donors (Lipinski definition) is 0. The largest absolute Gasteiger partial charge is 0.461 e. The molecule has 2 heterocycles. The van der Waals surface area contributed by atoms with E-state index < -0.39 is 47.2 Å². The average molecular weight is 434 g/mol. The first-order valence-electron chi connectivity index (χ1n) is 9.32. The lowest BCUT2D eigenvalue weighted by molar-refractivity contribution is 0.0519. The van der Waals surface area contributed by atoms with Gasteiger partial charge in [0.05, 0.1) is 24.4 Å². The van der Waals surface area contributed by atoms with Gasteiger partial charge in [-0.15, -0.1) is 0 Å². The molecule has 2 aromatic carbocycles. The molecule has 4 rings (SSSR count). The molecule has 0 atom stereocenters. The fourth-order valence-corrected chi connectivity index (χ4v) is 3.69. The van der Waals surface area contributed by atoms with Crippen molar-refractivity contribution in [1.29, 1.82) is 0 Å². The molecule has 0 spiro atoms. The number of pyridine rings is 1. The van der Waals surface area contributed by atoms with Crippen molar-refractivity contribution < 1.29 is 31.5 Å². The van der Waals surface area contributed by atoms with Crippen LogP contribution in [0.3, 0.4) is 0 Å². The molecular formula is C22H15F5N2O2. The standard InChI is InChI=1S/C22H15F5N2O2/c1-3-31-22(30)14-8-12-11-6-4-5-7-15(11)29(21(12)10(2)28-14)9-13-16(23)18(25)20(27)19(26)17(13)24/h4-8H,3,9H2,1-2H3. The van der Waals surface area contributed by atoms with E-state index in [0.29, 0.717) is 27.5 Å². The van der Waals surface area contributed by atoms with Gasteiger partial charge in [0.15, 0.2) is 23.3 Å². The molecule has 0 saturated heterocycles. The number of rotatable bonds is 4. The van der Waals surface area contributed by atoms with Crippen LogP contribution in [0.2, 0.25) is 0 Å². The highest BCUT2D eigenvalue weighted by Gasteiger charge is 2.27. The second-order valence-electron chi connectivity index (χ2n) is 6.86. The number of halogens is 5. The number of esters is 1. The van der Waals surface area contributed by atoms with Crippen molar-refractivity contribution in [2.45, 2.75) is 20.4 Å². The van der Waals surface area contributed by atoms with Crippen molar-refractivity contribution >= 4 is 27.8 Å². The highest BCUT2D eigenvalue weighted by Crippen LogP contribution is 2.33. The van der Waals surface area contributed by atoms with Crippen molar-refractivity contribution in [3.05, 3.63) is 76.4 Å². The Labute approximate surface area is 172 Å². The monoisotopic (exact) mass is 434 g/mol. The normalized spacial score (nSPS) is 11.5. The predicted molar refractivity (Wildman–Crippen MR) is 103 cm³/mol. The molecule has 0 N–H and O–H groups in total. The van der Waals surface area contributed by atoms with E-state index >= 15 is 0 Å². The van der Waals surface area contributed by atoms with E-state index in [1.807, 2.05) is 0 Å². The first-order chi connectivity index (χ1) is 14.8. The van der Waals surface area contributed by atoms with Gasteiger partial charge in [-0.3, -0.25) is 0 Å². The van der Waals surface area contributed by atoms with Crippen LogP contribution in [0.5, 0.6) is 0 Å². The second-order valence-corrected chi connectivity index (χ2v) is 6.86. The predicted octanol–water partition coefficient (Wildman–Crippen LogP) is 5.42. The molecule has 9 heteroatoms. The van der Waals surface area contributed by atoms with Gasteiger partial charge in [-0.1, -0.05) is 18.2 Å². The summed E-state index contributed by atoms with van der Waals surface area (Å²) < 4.78 is 76.0. The SMILES string of the molecule is CCOC(=O)c1cc2c3ccccc3n(Cc3c(F)c(F)c(F)c(F)c3F)c2c(C)n1. The number of carbonyl (C=O) groups is 1. The zero-order valence-corrected chi connectivity index (χ0v) is 16.4. The van der Waals surface area contributed by atoms with E-state index in [1.165, 1.54) is 10.6 Å². The van der Waals surface area contributed by atoms with Crippen LogP contribution in [0.4, 0.5) is 22.0 Å². The number of hydrogen-bond acceptors (Lipinski definition) is 3. The van der Waals surface area contributed by atoms with E-state index in [2.05, 4.69) is 4.98 Å². The third-order valence-corrected chi connectivity index (χ3v) is 5.02. The minimum atomic E-state index is -2.21. The third kappa shape index (κ3) is 3.20. The molecule has 160 valence electrons. The Hall–Kier alpha value is -3.49. The molecule has 0 bridgehead atoms. The maximum atomic E-state index is 14.3. The summed E-state index contributed by atoms with van der Waals surface area (Å²) in [5, 5.41) is 1.16. The molecule has 0 unspecified atom stereocenters. The maximum Gasteiger partial charge on any atom is 0.356 e. The summed E-state index contributed by atoms with van der Waals surface area (Å²) in [5.74, 6) is -10.6. The Bertz CT molecular complexity index is 1330. The number of aromatic nitrogens is 2. The van der Waals surface area contributed by atoms with Gasteiger partial charge in [0.1, 0.15) is 5.69 Å². The van der Waals surface area contributed by atoms with Crippen molar-refractivity contribution in [3.63, 3.8) is 0 Å². The van der Waals surface area contributed by atoms with E-state index in [-0.39, 0.29) is 12.3 Å². The molecule has 4 nitrogen and oxygen atoms in total. The number of aryl methyl sites for hydroxylation is 1. The molecule has 0 fully saturated rings. The fraction of sp³-hybridized carbons (Fsp3) is 0.182. The van der Waals surface area contributed by atoms with Gasteiger partial charge in [0.2, 0.25) is 5.82 Å². The lowest BCUT2D eigenvalue weighted by Crippen LogP contribution is -2.12. The minimum absolute atomic E-state index is 0.0472. The molecule has 0 aliphatic heterocycles. The molecule has 0 aliphatic rings. The van der Waals surface area contributed by atoms with Crippen LogP contribution in [-0.2, 0) is 11.3 Å². The van der Waals surface area contributed by atoms with Gasteiger partial charge in [-0.05, 0) is 26.0 Å². The average Bonchev–Trinajstić information content (AvgIpc) is 3.08. The quantitative estimate of drug-likeness (QED) is 0.187. The summed E-state index contributed by atoms with van der Waals surface area (Å²) in [7, 11) is 0. The molecular weight excluding hydrogens is 419 g/mol. The van der Waals surface area contributed by atoms with Crippen LogP contribution in [0, 0.1) is 36.0 Å². The highest BCUT2D eigenvalue weighted by atomic mass is 19.2. The fourth-order valence-electron chi connectivity index (χ4n) is 3.69. The smallest absolute Gasteiger partial charge is 0.356 e. The lowest BCUT2D eigenvalue weighted by Gasteiger charge is -2.13. The first kappa shape index (κ1) is 20.8. The van der Waals surface area contributed by atoms with Gasteiger partial charge < -0.3 is 9.30 Å². The Morgan fingerprint density at radius 1 is 0.968 bits per heavy atom. The van der Waals surface area contributed by atoms with Gasteiger partial charge in [0.25, 0.3) is 0 Å². The Morgan fingerprint density at radius 2 is 1.58 bits per heavy atom. The van der Waals surface area contributed by atoms with Gasteiger partial charge in [0, 0.05) is 21.9 Å². The van der Waals surface area contributed by atoms with Crippen molar-refractivity contribution in [1.82, 2.24) is 9.55 Å². The number of para-hydroxylation sites is 1. The Morgan fingerprint density at radius 3 is 2.23 bits per heavy atom. The molecule has 0 saturated carbocycles. The number of benzene rings is 2. The molecule has 0 radical (unpaired) electrons. The number of ether oxygens (including phenoxy) is 1. The van der Waals surface area contributed by atoms with Crippen molar-refractivity contribution in [3.8, 4) is 0 Å². The van der Waals surface area contributed by atoms with E-state index in [0.717, 1.165) is 0 Å². The Balaban J connectivity index is 2.00. The second kappa shape index (κ2) is 7.64. The van der Waals surface area contributed by atoms with Gasteiger partial charge in [-0.25, -0.2) is 31.7 Å². The first-order valence-corrected chi connectivity index (χ1v) is 9.32. The molecule has 31 heavy (non-hydrogen) atoms. The lowest BCUT2D eigenvalue weighted by atomic mass is 10.1. The van der Waals surface area contributed by atoms with Crippen molar-refractivity contribution in [2.24, 2.45) is 0 Å². The van der Waals surface area contributed by atoms with Crippen LogP contribution in [0.25, 0.3) is 21.8 Å². The van der Waals surface area contributed by atoms with Crippen LogP contribution >= 0.6 is 0 Å². The summed E-state index contributed by atoms with van der Waals surface area (Å²) in [4.78, 5) is 16.4. The third-order valence-electron chi connectivity index (χ3n) is 5.02. The summed E-state index contributed by atoms with van der Waals surface area (Å²) in [6.45, 7) is 2.76. The summed E-state index contributed by atoms with van der Waals surface area (Å²) in [6, 6.07) is 8.25. The summed E-state index contributed by atoms with van der Waals surface area (Å²) in [6.07, 6.45) is 0. The zero-order chi connectivity index (χ0) is 22.4. The Kier molecular flexibility index (Phi) is 5.12. The van der Waals surface area contributed by atoms with E-state index in [9.17, 15) is 26.7 Å². The summed E-state index contributed by atoms with van der Waals surface area (Å²) in [5.41, 5.74) is 0.296. The summed E-state index contributed by atoms with van der Waals surface area (Å²) >= 11 is 0. The van der Waals surface area contributed by atoms with Gasteiger partial charge >= 0.3 is 5.97 Å². The topological polar surface area (TPSA) is 44.1 Å². The highest BCUT2D eigenvalue weighted by molar-refractivity contribution is 6.10. The van der Waals surface area contributed by atoms with Crippen LogP contribution < -0.4 is 0 Å². The van der Waals surface area contributed by atoms with Crippen molar-refractivity contribution in [2.75, 3.05) is 6.61 Å². The molecule has 0 amide bonds. The minimum Gasteiger partial charge on any atom is -0.461 e. The molecule has 4 aromatic rings. The number of carbonyl (C=O) groups excluding carboxylic acids is 1. The number of fused-ring (bicyclic) bond motifs is 3. The molecule has 2 aromatic heterocycles. The van der Waals surface area contributed by atoms with Gasteiger partial charge in [-0.2, -0.15) is 0 Å². The van der Waals surface area contributed by atoms with E-state index in [1.54, 1.807) is 38.1 Å². The van der Waals surface area contributed by atoms with Crippen LogP contribution in [0.15, 0.2) is 30.3 Å². The number of nitrogens with zero attached hydrogens (tertiary/aromatic N) is 2. The maximum absolute atomic E-state index is 14.3. The van der Waals surface area contributed by atoms with Crippen LogP contribution in [0.1, 0.15) is 28.7 Å².